The van der Waals surface area contributed by atoms with Gasteiger partial charge in [0.1, 0.15) is 5.75 Å². The minimum Gasteiger partial charge on any atom is -0.497 e. The monoisotopic (exact) mass is 313 g/mol. The van der Waals surface area contributed by atoms with Crippen molar-refractivity contribution in [3.05, 3.63) is 28.2 Å². The van der Waals surface area contributed by atoms with Gasteiger partial charge in [-0.25, -0.2) is 0 Å². The van der Waals surface area contributed by atoms with Crippen LogP contribution in [0.3, 0.4) is 0 Å². The van der Waals surface area contributed by atoms with Gasteiger partial charge in [0.05, 0.1) is 7.11 Å². The Bertz CT molecular complexity index is 379. The van der Waals surface area contributed by atoms with Crippen molar-refractivity contribution in [2.45, 2.75) is 33.7 Å². The van der Waals surface area contributed by atoms with Crippen LogP contribution in [0.4, 0.5) is 0 Å². The smallest absolute Gasteiger partial charge is 0.120 e. The minimum atomic E-state index is 0.371. The summed E-state index contributed by atoms with van der Waals surface area (Å²) in [5.41, 5.74) is 1.30. The van der Waals surface area contributed by atoms with Crippen LogP contribution in [0.1, 0.15) is 39.3 Å². The summed E-state index contributed by atoms with van der Waals surface area (Å²) in [7, 11) is 1.69. The number of benzene rings is 1. The van der Waals surface area contributed by atoms with Gasteiger partial charge in [0, 0.05) is 10.5 Å². The van der Waals surface area contributed by atoms with Crippen LogP contribution in [0, 0.1) is 11.8 Å². The van der Waals surface area contributed by atoms with Crippen LogP contribution in [-0.4, -0.2) is 13.7 Å². The Kier molecular flexibility index (Phi) is 6.16. The summed E-state index contributed by atoms with van der Waals surface area (Å²) in [4.78, 5) is 0. The highest BCUT2D eigenvalue weighted by atomic mass is 79.9. The summed E-state index contributed by atoms with van der Waals surface area (Å²) in [5, 5.41) is 3.59. The van der Waals surface area contributed by atoms with E-state index in [-0.39, 0.29) is 0 Å². The molecule has 0 fully saturated rings. The maximum Gasteiger partial charge on any atom is 0.120 e. The largest absolute Gasteiger partial charge is 0.497 e. The van der Waals surface area contributed by atoms with E-state index in [9.17, 15) is 0 Å². The molecule has 0 heterocycles. The van der Waals surface area contributed by atoms with E-state index in [4.69, 9.17) is 4.74 Å². The van der Waals surface area contributed by atoms with Crippen LogP contribution in [-0.2, 0) is 0 Å². The summed E-state index contributed by atoms with van der Waals surface area (Å²) in [6.07, 6.45) is 0. The van der Waals surface area contributed by atoms with Crippen molar-refractivity contribution < 1.29 is 4.74 Å². The van der Waals surface area contributed by atoms with Crippen molar-refractivity contribution in [1.82, 2.24) is 5.32 Å². The van der Waals surface area contributed by atoms with E-state index in [2.05, 4.69) is 55.0 Å². The fourth-order valence-electron chi connectivity index (χ4n) is 2.07. The number of hydrogen-bond donors (Lipinski definition) is 1. The lowest BCUT2D eigenvalue weighted by Gasteiger charge is -2.29. The quantitative estimate of drug-likeness (QED) is 0.840. The molecule has 18 heavy (non-hydrogen) atoms. The minimum absolute atomic E-state index is 0.371. The van der Waals surface area contributed by atoms with Crippen LogP contribution in [0.5, 0.6) is 5.75 Å². The molecule has 1 N–H and O–H groups in total. The summed E-state index contributed by atoms with van der Waals surface area (Å²) in [6, 6.07) is 6.58. The molecule has 0 amide bonds. The third kappa shape index (κ3) is 3.72. The molecule has 0 aromatic heterocycles. The lowest BCUT2D eigenvalue weighted by Crippen LogP contribution is -2.29. The first-order chi connectivity index (χ1) is 8.51. The van der Waals surface area contributed by atoms with Crippen molar-refractivity contribution in [1.29, 1.82) is 0 Å². The number of hydrogen-bond acceptors (Lipinski definition) is 2. The van der Waals surface area contributed by atoms with Gasteiger partial charge in [0.15, 0.2) is 0 Å². The maximum absolute atomic E-state index is 5.25. The number of nitrogens with one attached hydrogen (secondary N) is 1. The van der Waals surface area contributed by atoms with Crippen LogP contribution in [0.2, 0.25) is 0 Å². The van der Waals surface area contributed by atoms with E-state index in [0.717, 1.165) is 16.8 Å². The van der Waals surface area contributed by atoms with Gasteiger partial charge < -0.3 is 10.1 Å². The van der Waals surface area contributed by atoms with Crippen LogP contribution in [0.25, 0.3) is 0 Å². The standard InChI is InChI=1S/C15H24BrNO/c1-6-17-15(11(4)10(2)3)13-8-7-12(18-5)9-14(13)16/h7-11,15,17H,6H2,1-5H3. The highest BCUT2D eigenvalue weighted by Crippen LogP contribution is 2.34. The van der Waals surface area contributed by atoms with E-state index in [1.807, 2.05) is 12.1 Å². The number of ether oxygens (including phenoxy) is 1. The molecule has 3 heteroatoms. The molecule has 0 aliphatic heterocycles. The lowest BCUT2D eigenvalue weighted by molar-refractivity contribution is 0.306. The number of methoxy groups -OCH3 is 1. The Morgan fingerprint density at radius 1 is 1.28 bits per heavy atom. The molecule has 0 saturated carbocycles. The van der Waals surface area contributed by atoms with E-state index in [0.29, 0.717) is 17.9 Å². The van der Waals surface area contributed by atoms with Gasteiger partial charge >= 0.3 is 0 Å². The second-order valence-corrected chi connectivity index (χ2v) is 5.88. The third-order valence-corrected chi connectivity index (χ3v) is 4.23. The molecule has 0 saturated heterocycles. The number of rotatable bonds is 6. The van der Waals surface area contributed by atoms with Crippen LogP contribution >= 0.6 is 15.9 Å². The zero-order chi connectivity index (χ0) is 13.7. The van der Waals surface area contributed by atoms with Gasteiger partial charge in [0.25, 0.3) is 0 Å². The molecule has 1 rings (SSSR count). The Morgan fingerprint density at radius 3 is 2.39 bits per heavy atom. The van der Waals surface area contributed by atoms with Crippen molar-refractivity contribution in [2.75, 3.05) is 13.7 Å². The molecule has 0 aliphatic rings. The van der Waals surface area contributed by atoms with E-state index >= 15 is 0 Å². The van der Waals surface area contributed by atoms with Gasteiger partial charge in [-0.05, 0) is 36.1 Å². The first-order valence-electron chi connectivity index (χ1n) is 6.58. The number of halogens is 1. The first kappa shape index (κ1) is 15.5. The Hall–Kier alpha value is -0.540. The second kappa shape index (κ2) is 7.15. The van der Waals surface area contributed by atoms with Crippen molar-refractivity contribution in [3.63, 3.8) is 0 Å². The van der Waals surface area contributed by atoms with Gasteiger partial charge in [-0.1, -0.05) is 49.7 Å². The summed E-state index contributed by atoms with van der Waals surface area (Å²) in [5.74, 6) is 2.11. The van der Waals surface area contributed by atoms with E-state index < -0.39 is 0 Å². The van der Waals surface area contributed by atoms with Crippen LogP contribution < -0.4 is 10.1 Å². The maximum atomic E-state index is 5.25. The summed E-state index contributed by atoms with van der Waals surface area (Å²) in [6.45, 7) is 9.96. The Morgan fingerprint density at radius 2 is 1.94 bits per heavy atom. The molecule has 0 aliphatic carbocycles. The third-order valence-electron chi connectivity index (χ3n) is 3.54. The second-order valence-electron chi connectivity index (χ2n) is 5.03. The molecule has 2 nitrogen and oxygen atoms in total. The van der Waals surface area contributed by atoms with Crippen molar-refractivity contribution in [2.24, 2.45) is 11.8 Å². The molecular formula is C15H24BrNO. The zero-order valence-electron chi connectivity index (χ0n) is 12.0. The molecule has 2 atom stereocenters. The predicted octanol–water partition coefficient (Wildman–Crippen LogP) is 4.40. The molecular weight excluding hydrogens is 290 g/mol. The lowest BCUT2D eigenvalue weighted by atomic mass is 9.86. The van der Waals surface area contributed by atoms with Crippen molar-refractivity contribution in [3.8, 4) is 5.75 Å². The van der Waals surface area contributed by atoms with Crippen molar-refractivity contribution >= 4 is 15.9 Å². The average molecular weight is 314 g/mol. The molecule has 2 unspecified atom stereocenters. The van der Waals surface area contributed by atoms with Gasteiger partial charge in [0.2, 0.25) is 0 Å². The predicted molar refractivity (Wildman–Crippen MR) is 81.1 cm³/mol. The Labute approximate surface area is 119 Å². The Balaban J connectivity index is 3.05. The molecule has 1 aromatic carbocycles. The summed E-state index contributed by atoms with van der Waals surface area (Å²) < 4.78 is 6.36. The van der Waals surface area contributed by atoms with Crippen LogP contribution in [0.15, 0.2) is 22.7 Å². The first-order valence-corrected chi connectivity index (χ1v) is 7.37. The fourth-order valence-corrected chi connectivity index (χ4v) is 2.68. The normalized spacial score (nSPS) is 14.6. The highest BCUT2D eigenvalue weighted by Gasteiger charge is 2.23. The van der Waals surface area contributed by atoms with E-state index in [1.54, 1.807) is 7.11 Å². The van der Waals surface area contributed by atoms with Gasteiger partial charge in [-0.3, -0.25) is 0 Å². The molecule has 0 radical (unpaired) electrons. The molecule has 1 aromatic rings. The topological polar surface area (TPSA) is 21.3 Å². The average Bonchev–Trinajstić information content (AvgIpc) is 2.35. The molecule has 0 spiro atoms. The van der Waals surface area contributed by atoms with E-state index in [1.165, 1.54) is 5.56 Å². The molecule has 102 valence electrons. The highest BCUT2D eigenvalue weighted by molar-refractivity contribution is 9.10. The fraction of sp³-hybridized carbons (Fsp3) is 0.600. The zero-order valence-corrected chi connectivity index (χ0v) is 13.5. The SMILES string of the molecule is CCNC(c1ccc(OC)cc1Br)C(C)C(C)C. The van der Waals surface area contributed by atoms with Gasteiger partial charge in [-0.2, -0.15) is 0 Å². The molecule has 0 bridgehead atoms. The summed E-state index contributed by atoms with van der Waals surface area (Å²) >= 11 is 3.66. The van der Waals surface area contributed by atoms with Gasteiger partial charge in [-0.15, -0.1) is 0 Å².